The van der Waals surface area contributed by atoms with Crippen molar-refractivity contribution in [2.24, 2.45) is 0 Å². The summed E-state index contributed by atoms with van der Waals surface area (Å²) in [7, 11) is 0.207. The van der Waals surface area contributed by atoms with Gasteiger partial charge >= 0.3 is 0 Å². The second-order valence-electron chi connectivity index (χ2n) is 9.22. The summed E-state index contributed by atoms with van der Waals surface area (Å²) in [6.45, 7) is 6.61. The van der Waals surface area contributed by atoms with Crippen LogP contribution in [0, 0.1) is 22.2 Å². The molecule has 15 heteroatoms. The van der Waals surface area contributed by atoms with Gasteiger partial charge in [-0.1, -0.05) is 25.6 Å². The molecule has 0 amide bonds. The number of methoxy groups -OCH3 is 1. The highest BCUT2D eigenvalue weighted by molar-refractivity contribution is 14.1. The number of benzene rings is 2. The Bertz CT molecular complexity index is 1620. The Balaban J connectivity index is 0.000000228. The topological polar surface area (TPSA) is 183 Å². The van der Waals surface area contributed by atoms with Crippen LogP contribution < -0.4 is 37.1 Å². The lowest BCUT2D eigenvalue weighted by atomic mass is 10.2. The van der Waals surface area contributed by atoms with E-state index in [-0.39, 0.29) is 23.5 Å². The van der Waals surface area contributed by atoms with Crippen LogP contribution in [0.4, 0.5) is 23.5 Å². The van der Waals surface area contributed by atoms with E-state index in [0.717, 1.165) is 22.0 Å². The quantitative estimate of drug-likeness (QED) is 0.106. The summed E-state index contributed by atoms with van der Waals surface area (Å²) in [4.78, 5) is 15.5. The third-order valence-corrected chi connectivity index (χ3v) is 8.21. The zero-order chi connectivity index (χ0) is 30.3. The highest BCUT2D eigenvalue weighted by atomic mass is 127. The molecule has 0 fully saturated rings. The summed E-state index contributed by atoms with van der Waals surface area (Å²) in [6, 6.07) is 9.57. The van der Waals surface area contributed by atoms with E-state index in [9.17, 15) is 0 Å². The molecule has 4 rings (SSSR count). The Morgan fingerprint density at radius 3 is 1.66 bits per heavy atom. The monoisotopic (exact) mass is 908 g/mol. The minimum atomic E-state index is -1.42. The molecule has 2 heterocycles. The summed E-state index contributed by atoms with van der Waals surface area (Å²) < 4.78 is 19.5. The minimum absolute atomic E-state index is 0.115. The molecule has 0 spiro atoms. The maximum absolute atomic E-state index is 5.80. The summed E-state index contributed by atoms with van der Waals surface area (Å²) >= 11 is 6.52. The third-order valence-electron chi connectivity index (χ3n) is 4.76. The highest BCUT2D eigenvalue weighted by Gasteiger charge is 2.12. The molecular weight excluding hydrogens is 881 g/mol. The van der Waals surface area contributed by atoms with Crippen LogP contribution in [0.15, 0.2) is 42.7 Å². The standard InChI is InChI=1S/C15H17IN4OSi.C11H10I2N4O2/c1-22(2,3)7-6-10-4-5-11(16)12(8-10)21-13-9-19-15(18)20-14(13)17;1-18-7-2-6(13)8(3-5(7)12)19-9-4-16-11(15)17-10(9)14/h4-5,8-9H,1-3H3,(H4,17,18,19,20);2-4H,1H3,(H4,14,15,16,17). The molecule has 4 aromatic rings. The van der Waals surface area contributed by atoms with Crippen LogP contribution in [0.25, 0.3) is 0 Å². The number of nitrogens with zero attached hydrogens (tertiary/aromatic N) is 4. The first-order chi connectivity index (χ1) is 19.3. The van der Waals surface area contributed by atoms with E-state index >= 15 is 0 Å². The lowest BCUT2D eigenvalue weighted by molar-refractivity contribution is 0.409. The van der Waals surface area contributed by atoms with Gasteiger partial charge in [-0.25, -0.2) is 9.97 Å². The molecule has 0 aliphatic carbocycles. The first kappa shape index (κ1) is 32.7. The van der Waals surface area contributed by atoms with Crippen molar-refractivity contribution in [1.82, 2.24) is 19.9 Å². The van der Waals surface area contributed by atoms with Crippen LogP contribution in [-0.4, -0.2) is 35.1 Å². The van der Waals surface area contributed by atoms with Gasteiger partial charge in [0.05, 0.1) is 30.2 Å². The van der Waals surface area contributed by atoms with E-state index in [1.54, 1.807) is 7.11 Å². The van der Waals surface area contributed by atoms with Crippen molar-refractivity contribution in [2.75, 3.05) is 30.0 Å². The molecule has 0 saturated carbocycles. The van der Waals surface area contributed by atoms with E-state index in [0.29, 0.717) is 23.0 Å². The van der Waals surface area contributed by atoms with Gasteiger partial charge in [-0.2, -0.15) is 9.97 Å². The van der Waals surface area contributed by atoms with E-state index in [1.165, 1.54) is 12.4 Å². The molecule has 11 nitrogen and oxygen atoms in total. The lowest BCUT2D eigenvalue weighted by Crippen LogP contribution is -2.16. The number of nitrogens with two attached hydrogens (primary N) is 4. The van der Waals surface area contributed by atoms with Gasteiger partial charge in [-0.05, 0) is 98.1 Å². The molecule has 0 bridgehead atoms. The molecule has 214 valence electrons. The zero-order valence-electron chi connectivity index (χ0n) is 22.5. The van der Waals surface area contributed by atoms with Crippen LogP contribution in [0.1, 0.15) is 5.56 Å². The van der Waals surface area contributed by atoms with Crippen molar-refractivity contribution in [1.29, 1.82) is 0 Å². The number of nitrogen functional groups attached to an aromatic ring is 4. The fourth-order valence-corrected chi connectivity index (χ4v) is 5.03. The van der Waals surface area contributed by atoms with Crippen molar-refractivity contribution in [3.05, 3.63) is 59.0 Å². The molecule has 0 radical (unpaired) electrons. The third kappa shape index (κ3) is 9.89. The first-order valence-electron chi connectivity index (χ1n) is 11.7. The van der Waals surface area contributed by atoms with Gasteiger partial charge in [0.2, 0.25) is 11.9 Å². The van der Waals surface area contributed by atoms with Crippen LogP contribution >= 0.6 is 67.8 Å². The average Bonchev–Trinajstić information content (AvgIpc) is 2.89. The normalized spacial score (nSPS) is 10.5. The van der Waals surface area contributed by atoms with Gasteiger partial charge in [0.15, 0.2) is 23.1 Å². The Kier molecular flexibility index (Phi) is 11.5. The lowest BCUT2D eigenvalue weighted by Gasteiger charge is -2.11. The number of rotatable bonds is 5. The number of anilines is 4. The Morgan fingerprint density at radius 2 is 1.17 bits per heavy atom. The predicted molar refractivity (Wildman–Crippen MR) is 190 cm³/mol. The molecule has 0 atom stereocenters. The predicted octanol–water partition coefficient (Wildman–Crippen LogP) is 5.92. The van der Waals surface area contributed by atoms with Gasteiger partial charge in [0.25, 0.3) is 0 Å². The van der Waals surface area contributed by atoms with E-state index < -0.39 is 8.07 Å². The molecule has 2 aromatic heterocycles. The maximum Gasteiger partial charge on any atom is 0.222 e. The summed E-state index contributed by atoms with van der Waals surface area (Å²) in [6.07, 6.45) is 2.92. The van der Waals surface area contributed by atoms with Gasteiger partial charge < -0.3 is 37.1 Å². The number of hydrogen-bond donors (Lipinski definition) is 4. The fraction of sp³-hybridized carbons (Fsp3) is 0.154. The SMILES string of the molecule is COc1cc(I)c(Oc2cnc(N)nc2N)cc1I.C[Si](C)(C)C#Cc1ccc(I)c(Oc2cnc(N)nc2N)c1. The van der Waals surface area contributed by atoms with E-state index in [1.807, 2.05) is 30.3 Å². The minimum Gasteiger partial charge on any atom is -0.496 e. The number of hydrogen-bond acceptors (Lipinski definition) is 11. The molecule has 8 N–H and O–H groups in total. The van der Waals surface area contributed by atoms with Gasteiger partial charge in [-0.15, -0.1) is 5.54 Å². The molecule has 0 unspecified atom stereocenters. The number of halogens is 3. The second-order valence-corrected chi connectivity index (χ2v) is 17.5. The first-order valence-corrected chi connectivity index (χ1v) is 18.5. The van der Waals surface area contributed by atoms with E-state index in [2.05, 4.69) is 119 Å². The van der Waals surface area contributed by atoms with Crippen LogP contribution in [-0.2, 0) is 0 Å². The largest absolute Gasteiger partial charge is 0.496 e. The second kappa shape index (κ2) is 14.4. The zero-order valence-corrected chi connectivity index (χ0v) is 30.0. The molecule has 0 aliphatic rings. The van der Waals surface area contributed by atoms with Crippen LogP contribution in [0.2, 0.25) is 19.6 Å². The van der Waals surface area contributed by atoms with Crippen LogP contribution in [0.3, 0.4) is 0 Å². The molecule has 0 aliphatic heterocycles. The van der Waals surface area contributed by atoms with Gasteiger partial charge in [0.1, 0.15) is 25.3 Å². The smallest absolute Gasteiger partial charge is 0.222 e. The summed E-state index contributed by atoms with van der Waals surface area (Å²) in [5.41, 5.74) is 26.7. The van der Waals surface area contributed by atoms with E-state index in [4.69, 9.17) is 37.1 Å². The maximum atomic E-state index is 5.80. The Morgan fingerprint density at radius 1 is 0.683 bits per heavy atom. The Hall–Kier alpha value is -2.83. The average molecular weight is 908 g/mol. The summed E-state index contributed by atoms with van der Waals surface area (Å²) in [5, 5.41) is 0. The number of aromatic nitrogens is 4. The van der Waals surface area contributed by atoms with Crippen molar-refractivity contribution in [3.8, 4) is 40.2 Å². The molecule has 0 saturated heterocycles. The molecular formula is C26H27I3N8O3Si. The van der Waals surface area contributed by atoms with Crippen molar-refractivity contribution in [3.63, 3.8) is 0 Å². The highest BCUT2D eigenvalue weighted by Crippen LogP contribution is 2.35. The summed E-state index contributed by atoms with van der Waals surface area (Å²) in [5.74, 6) is 6.72. The van der Waals surface area contributed by atoms with Crippen molar-refractivity contribution >= 4 is 99.4 Å². The number of ether oxygens (including phenoxy) is 3. The fourth-order valence-electron chi connectivity index (χ4n) is 2.85. The Labute approximate surface area is 280 Å². The van der Waals surface area contributed by atoms with Gasteiger partial charge in [-0.3, -0.25) is 0 Å². The van der Waals surface area contributed by atoms with Crippen molar-refractivity contribution in [2.45, 2.75) is 19.6 Å². The molecule has 2 aromatic carbocycles. The van der Waals surface area contributed by atoms with Gasteiger partial charge in [0, 0.05) is 5.56 Å². The van der Waals surface area contributed by atoms with Crippen molar-refractivity contribution < 1.29 is 14.2 Å². The van der Waals surface area contributed by atoms with Crippen LogP contribution in [0.5, 0.6) is 28.7 Å². The molecule has 41 heavy (non-hydrogen) atoms.